The van der Waals surface area contributed by atoms with E-state index in [9.17, 15) is 9.90 Å². The zero-order chi connectivity index (χ0) is 16.0. The third-order valence-corrected chi connectivity index (χ3v) is 4.68. The molecule has 1 saturated carbocycles. The molecular weight excluding hydrogens is 278 g/mol. The Bertz CT molecular complexity index is 549. The third kappa shape index (κ3) is 2.98. The monoisotopic (exact) mass is 303 g/mol. The van der Waals surface area contributed by atoms with Crippen molar-refractivity contribution in [1.82, 2.24) is 4.90 Å². The third-order valence-electron chi connectivity index (χ3n) is 4.68. The summed E-state index contributed by atoms with van der Waals surface area (Å²) in [4.78, 5) is 13.7. The maximum atomic E-state index is 11.9. The van der Waals surface area contributed by atoms with Gasteiger partial charge in [-0.1, -0.05) is 24.3 Å². The summed E-state index contributed by atoms with van der Waals surface area (Å²) in [5.74, 6) is 0.394. The first-order chi connectivity index (χ1) is 10.3. The molecule has 1 aliphatic carbocycles. The fourth-order valence-electron chi connectivity index (χ4n) is 2.96. The van der Waals surface area contributed by atoms with Gasteiger partial charge in [-0.2, -0.15) is 0 Å². The number of rotatable bonds is 3. The second kappa shape index (κ2) is 5.27. The minimum atomic E-state index is -0.438. The second-order valence-electron chi connectivity index (χ2n) is 7.64. The number of hydrogen-bond donors (Lipinski definition) is 1. The highest BCUT2D eigenvalue weighted by Gasteiger charge is 2.43. The quantitative estimate of drug-likeness (QED) is 0.933. The van der Waals surface area contributed by atoms with Crippen LogP contribution in [0.4, 0.5) is 4.79 Å². The van der Waals surface area contributed by atoms with E-state index in [1.165, 1.54) is 11.1 Å². The molecule has 1 aromatic rings. The van der Waals surface area contributed by atoms with Crippen molar-refractivity contribution in [3.05, 3.63) is 35.4 Å². The van der Waals surface area contributed by atoms with E-state index in [0.29, 0.717) is 5.92 Å². The molecule has 0 unspecified atom stereocenters. The molecule has 0 radical (unpaired) electrons. The molecule has 0 bridgehead atoms. The molecule has 1 N–H and O–H groups in total. The molecular formula is C18H25NO3. The number of ether oxygens (including phenoxy) is 1. The Morgan fingerprint density at radius 3 is 2.32 bits per heavy atom. The average molecular weight is 303 g/mol. The maximum Gasteiger partial charge on any atom is 0.410 e. The lowest BCUT2D eigenvalue weighted by Gasteiger charge is -2.40. The van der Waals surface area contributed by atoms with Crippen LogP contribution in [0.3, 0.4) is 0 Å². The van der Waals surface area contributed by atoms with E-state index in [4.69, 9.17) is 4.74 Å². The van der Waals surface area contributed by atoms with E-state index < -0.39 is 5.60 Å². The first-order valence-electron chi connectivity index (χ1n) is 8.02. The maximum absolute atomic E-state index is 11.9. The number of carbonyl (C=O) groups is 1. The minimum Gasteiger partial charge on any atom is -0.444 e. The van der Waals surface area contributed by atoms with E-state index in [2.05, 4.69) is 24.3 Å². The van der Waals surface area contributed by atoms with Crippen LogP contribution >= 0.6 is 0 Å². The second-order valence-corrected chi connectivity index (χ2v) is 7.64. The first-order valence-corrected chi connectivity index (χ1v) is 8.02. The number of amides is 1. The van der Waals surface area contributed by atoms with Gasteiger partial charge in [0.25, 0.3) is 0 Å². The molecule has 0 spiro atoms. The molecule has 3 rings (SSSR count). The predicted octanol–water partition coefficient (Wildman–Crippen LogP) is 3.04. The van der Waals surface area contributed by atoms with Crippen LogP contribution in [0.5, 0.6) is 0 Å². The largest absolute Gasteiger partial charge is 0.444 e. The Kier molecular flexibility index (Phi) is 3.68. The lowest BCUT2D eigenvalue weighted by molar-refractivity contribution is 0.00819. The van der Waals surface area contributed by atoms with Crippen LogP contribution in [0.15, 0.2) is 24.3 Å². The highest BCUT2D eigenvalue weighted by atomic mass is 16.6. The smallest absolute Gasteiger partial charge is 0.410 e. The Morgan fingerprint density at radius 1 is 1.27 bits per heavy atom. The fraction of sp³-hybridized carbons (Fsp3) is 0.611. The van der Waals surface area contributed by atoms with Crippen LogP contribution in [-0.4, -0.2) is 41.4 Å². The van der Waals surface area contributed by atoms with E-state index in [1.807, 2.05) is 20.8 Å². The highest BCUT2D eigenvalue weighted by Crippen LogP contribution is 2.47. The molecule has 1 saturated heterocycles. The first kappa shape index (κ1) is 15.3. The van der Waals surface area contributed by atoms with E-state index in [0.717, 1.165) is 25.9 Å². The molecule has 0 aromatic heterocycles. The Hall–Kier alpha value is -1.55. The number of hydrogen-bond acceptors (Lipinski definition) is 3. The van der Waals surface area contributed by atoms with Gasteiger partial charge in [0.15, 0.2) is 0 Å². The lowest BCUT2D eigenvalue weighted by atomic mass is 9.89. The van der Waals surface area contributed by atoms with Crippen molar-refractivity contribution in [1.29, 1.82) is 0 Å². The average Bonchev–Trinajstić information content (AvgIpc) is 3.16. The van der Waals surface area contributed by atoms with Crippen molar-refractivity contribution in [3.63, 3.8) is 0 Å². The van der Waals surface area contributed by atoms with E-state index >= 15 is 0 Å². The number of nitrogens with zero attached hydrogens (tertiary/aromatic N) is 1. The number of carbonyl (C=O) groups excluding carboxylic acids is 1. The summed E-state index contributed by atoms with van der Waals surface area (Å²) in [6.45, 7) is 7.34. The van der Waals surface area contributed by atoms with Gasteiger partial charge < -0.3 is 14.7 Å². The van der Waals surface area contributed by atoms with Gasteiger partial charge >= 0.3 is 6.09 Å². The summed E-state index contributed by atoms with van der Waals surface area (Å²) in [5.41, 5.74) is 2.09. The van der Waals surface area contributed by atoms with Crippen LogP contribution < -0.4 is 0 Å². The fourth-order valence-corrected chi connectivity index (χ4v) is 2.96. The van der Waals surface area contributed by atoms with Crippen molar-refractivity contribution >= 4 is 6.09 Å². The Morgan fingerprint density at radius 2 is 1.86 bits per heavy atom. The van der Waals surface area contributed by atoms with Crippen LogP contribution in [0, 0.1) is 0 Å². The number of benzene rings is 1. The summed E-state index contributed by atoms with van der Waals surface area (Å²) in [6, 6.07) is 8.55. The Labute approximate surface area is 132 Å². The van der Waals surface area contributed by atoms with Crippen LogP contribution in [0.2, 0.25) is 0 Å². The van der Waals surface area contributed by atoms with Crippen LogP contribution in [0.1, 0.15) is 50.7 Å². The summed E-state index contributed by atoms with van der Waals surface area (Å²) in [7, 11) is 0. The Balaban J connectivity index is 1.56. The van der Waals surface area contributed by atoms with Crippen molar-refractivity contribution < 1.29 is 14.6 Å². The number of likely N-dealkylation sites (tertiary alicyclic amines) is 1. The van der Waals surface area contributed by atoms with Crippen LogP contribution in [0.25, 0.3) is 0 Å². The summed E-state index contributed by atoms with van der Waals surface area (Å²) >= 11 is 0. The van der Waals surface area contributed by atoms with Gasteiger partial charge in [0, 0.05) is 24.4 Å². The van der Waals surface area contributed by atoms with E-state index in [1.54, 1.807) is 4.90 Å². The zero-order valence-corrected chi connectivity index (χ0v) is 13.6. The molecule has 1 aliphatic heterocycles. The minimum absolute atomic E-state index is 0.0285. The molecule has 1 amide bonds. The standard InChI is InChI=1S/C18H25NO3/c1-17(2,3)22-16(21)19-10-14(11-19)13-4-6-15(7-5-13)18(12-20)8-9-18/h4-7,14,20H,8-12H2,1-3H3. The summed E-state index contributed by atoms with van der Waals surface area (Å²) in [5, 5.41) is 9.48. The zero-order valence-electron chi connectivity index (χ0n) is 13.6. The summed E-state index contributed by atoms with van der Waals surface area (Å²) < 4.78 is 5.37. The number of aliphatic hydroxyl groups is 1. The van der Waals surface area contributed by atoms with Gasteiger partial charge in [0.2, 0.25) is 0 Å². The normalized spacial score (nSPS) is 20.5. The molecule has 120 valence electrons. The van der Waals surface area contributed by atoms with Gasteiger partial charge in [-0.25, -0.2) is 4.79 Å². The lowest BCUT2D eigenvalue weighted by Crippen LogP contribution is -2.50. The topological polar surface area (TPSA) is 49.8 Å². The summed E-state index contributed by atoms with van der Waals surface area (Å²) in [6.07, 6.45) is 1.94. The van der Waals surface area contributed by atoms with Gasteiger partial charge in [0.05, 0.1) is 6.61 Å². The van der Waals surface area contributed by atoms with Crippen molar-refractivity contribution in [2.24, 2.45) is 0 Å². The van der Waals surface area contributed by atoms with Crippen LogP contribution in [-0.2, 0) is 10.2 Å². The predicted molar refractivity (Wildman–Crippen MR) is 85.0 cm³/mol. The van der Waals surface area contributed by atoms with Crippen molar-refractivity contribution in [2.75, 3.05) is 19.7 Å². The molecule has 2 fully saturated rings. The highest BCUT2D eigenvalue weighted by molar-refractivity contribution is 5.69. The molecule has 1 aromatic carbocycles. The number of aliphatic hydroxyl groups excluding tert-OH is 1. The van der Waals surface area contributed by atoms with Crippen molar-refractivity contribution in [2.45, 2.75) is 50.5 Å². The SMILES string of the molecule is CC(C)(C)OC(=O)N1CC(c2ccc(C3(CO)CC3)cc2)C1. The molecule has 1 heterocycles. The van der Waals surface area contributed by atoms with Gasteiger partial charge in [-0.3, -0.25) is 0 Å². The van der Waals surface area contributed by atoms with Gasteiger partial charge in [-0.05, 0) is 44.7 Å². The van der Waals surface area contributed by atoms with Gasteiger partial charge in [0.1, 0.15) is 5.60 Å². The molecule has 22 heavy (non-hydrogen) atoms. The van der Waals surface area contributed by atoms with E-state index in [-0.39, 0.29) is 18.1 Å². The molecule has 4 heteroatoms. The molecule has 2 aliphatic rings. The molecule has 4 nitrogen and oxygen atoms in total. The molecule has 0 atom stereocenters. The van der Waals surface area contributed by atoms with Crippen molar-refractivity contribution in [3.8, 4) is 0 Å². The van der Waals surface area contributed by atoms with Gasteiger partial charge in [-0.15, -0.1) is 0 Å².